The van der Waals surface area contributed by atoms with E-state index in [-0.39, 0.29) is 0 Å². The molecule has 0 atom stereocenters. The second kappa shape index (κ2) is 13.6. The van der Waals surface area contributed by atoms with Gasteiger partial charge in [0, 0.05) is 54.9 Å². The minimum atomic E-state index is 0.871. The van der Waals surface area contributed by atoms with Crippen LogP contribution in [-0.2, 0) is 0 Å². The molecule has 13 rings (SSSR count). The molecule has 3 aromatic heterocycles. The van der Waals surface area contributed by atoms with Crippen LogP contribution in [0.25, 0.3) is 104 Å². The van der Waals surface area contributed by atoms with Crippen molar-refractivity contribution in [3.8, 4) is 27.9 Å². The lowest BCUT2D eigenvalue weighted by Gasteiger charge is -2.28. The van der Waals surface area contributed by atoms with E-state index in [1.165, 1.54) is 27.2 Å². The molecule has 0 bridgehead atoms. The molecule has 0 saturated carbocycles. The Morgan fingerprint density at radius 1 is 0.339 bits per heavy atom. The predicted molar refractivity (Wildman–Crippen MR) is 258 cm³/mol. The van der Waals surface area contributed by atoms with Gasteiger partial charge in [0.15, 0.2) is 0 Å². The van der Waals surface area contributed by atoms with Crippen molar-refractivity contribution in [1.82, 2.24) is 4.57 Å². The second-order valence-corrected chi connectivity index (χ2v) is 16.1. The molecule has 0 saturated heterocycles. The third-order valence-electron chi connectivity index (χ3n) is 12.6. The molecule has 4 nitrogen and oxygen atoms in total. The number of hydrogen-bond donors (Lipinski definition) is 0. The van der Waals surface area contributed by atoms with Gasteiger partial charge >= 0.3 is 0 Å². The van der Waals surface area contributed by atoms with E-state index in [1.807, 2.05) is 12.1 Å². The molecular weight excluding hydrogens is 757 g/mol. The van der Waals surface area contributed by atoms with Crippen molar-refractivity contribution in [2.45, 2.75) is 0 Å². The van der Waals surface area contributed by atoms with Gasteiger partial charge in [-0.1, -0.05) is 127 Å². The van der Waals surface area contributed by atoms with Crippen LogP contribution in [0.4, 0.5) is 17.1 Å². The lowest BCUT2D eigenvalue weighted by Crippen LogP contribution is -2.11. The summed E-state index contributed by atoms with van der Waals surface area (Å²) in [4.78, 5) is 2.38. The number of aromatic nitrogens is 1. The molecular formula is C58H36N2O2. The zero-order valence-electron chi connectivity index (χ0n) is 33.5. The summed E-state index contributed by atoms with van der Waals surface area (Å²) in [7, 11) is 0. The van der Waals surface area contributed by atoms with Crippen molar-refractivity contribution in [2.24, 2.45) is 0 Å². The van der Waals surface area contributed by atoms with Gasteiger partial charge in [-0.25, -0.2) is 0 Å². The summed E-state index contributed by atoms with van der Waals surface area (Å²) < 4.78 is 15.2. The van der Waals surface area contributed by atoms with Gasteiger partial charge < -0.3 is 18.3 Å². The fraction of sp³-hybridized carbons (Fsp3) is 0. The van der Waals surface area contributed by atoms with Gasteiger partial charge in [0.25, 0.3) is 0 Å². The molecule has 0 aliphatic carbocycles. The Hall–Kier alpha value is -8.34. The van der Waals surface area contributed by atoms with Gasteiger partial charge in [0.05, 0.1) is 16.7 Å². The van der Waals surface area contributed by atoms with Crippen LogP contribution in [-0.4, -0.2) is 4.57 Å². The van der Waals surface area contributed by atoms with E-state index in [2.05, 4.69) is 216 Å². The first-order chi connectivity index (χ1) is 30.7. The van der Waals surface area contributed by atoms with Crippen molar-refractivity contribution in [2.75, 3.05) is 4.90 Å². The molecule has 290 valence electrons. The Morgan fingerprint density at radius 3 is 1.66 bits per heavy atom. The molecule has 0 spiro atoms. The lowest BCUT2D eigenvalue weighted by molar-refractivity contribution is 0.669. The third kappa shape index (κ3) is 5.33. The van der Waals surface area contributed by atoms with Crippen molar-refractivity contribution in [3.05, 3.63) is 218 Å². The molecule has 62 heavy (non-hydrogen) atoms. The van der Waals surface area contributed by atoms with Crippen LogP contribution in [0.3, 0.4) is 0 Å². The molecule has 0 amide bonds. The van der Waals surface area contributed by atoms with E-state index in [0.29, 0.717) is 0 Å². The highest BCUT2D eigenvalue weighted by Crippen LogP contribution is 2.46. The Morgan fingerprint density at radius 2 is 0.887 bits per heavy atom. The zero-order chi connectivity index (χ0) is 40.7. The lowest BCUT2D eigenvalue weighted by atomic mass is 9.96. The average molecular weight is 793 g/mol. The number of anilines is 3. The predicted octanol–water partition coefficient (Wildman–Crippen LogP) is 16.5. The summed E-state index contributed by atoms with van der Waals surface area (Å²) in [5.41, 5.74) is 14.7. The molecule has 0 aliphatic heterocycles. The highest BCUT2D eigenvalue weighted by Gasteiger charge is 2.22. The van der Waals surface area contributed by atoms with Gasteiger partial charge in [-0.15, -0.1) is 0 Å². The highest BCUT2D eigenvalue weighted by molar-refractivity contribution is 6.17. The number of hydrogen-bond acceptors (Lipinski definition) is 3. The van der Waals surface area contributed by atoms with E-state index in [0.717, 1.165) is 94.3 Å². The first-order valence-electron chi connectivity index (χ1n) is 21.1. The maximum absolute atomic E-state index is 6.58. The molecule has 0 N–H and O–H groups in total. The number of nitrogens with zero attached hydrogens (tertiary/aromatic N) is 2. The normalized spacial score (nSPS) is 11.9. The second-order valence-electron chi connectivity index (χ2n) is 16.1. The summed E-state index contributed by atoms with van der Waals surface area (Å²) in [5, 5.41) is 9.33. The molecule has 0 aliphatic rings. The third-order valence-corrected chi connectivity index (χ3v) is 12.6. The minimum Gasteiger partial charge on any atom is -0.456 e. The van der Waals surface area contributed by atoms with Gasteiger partial charge in [-0.05, 0) is 118 Å². The standard InChI is InChI=1S/C58H36N2O2/c1-2-13-39-35-57-50(34-38(39)12-1)58-49(18-11-23-55(58)62-57)46-16-5-7-19-51(46)59(41-27-24-37(25-28-41)40-26-33-48-47-17-6-10-22-54(47)61-56(48)36-40)42-29-31-43(32-30-42)60-52-20-8-3-14-44(52)45-15-4-9-21-53(45)60/h1-36H. The summed E-state index contributed by atoms with van der Waals surface area (Å²) in [6.45, 7) is 0. The topological polar surface area (TPSA) is 34.5 Å². The molecule has 4 heteroatoms. The first-order valence-corrected chi connectivity index (χ1v) is 21.1. The fourth-order valence-corrected chi connectivity index (χ4v) is 9.72. The van der Waals surface area contributed by atoms with Crippen molar-refractivity contribution >= 4 is 93.5 Å². The summed E-state index contributed by atoms with van der Waals surface area (Å²) in [6, 6.07) is 78.1. The van der Waals surface area contributed by atoms with Gasteiger partial charge in [-0.2, -0.15) is 0 Å². The molecule has 0 radical (unpaired) electrons. The number of benzene rings is 10. The van der Waals surface area contributed by atoms with Crippen molar-refractivity contribution < 1.29 is 8.83 Å². The van der Waals surface area contributed by atoms with Crippen molar-refractivity contribution in [1.29, 1.82) is 0 Å². The van der Waals surface area contributed by atoms with Crippen LogP contribution < -0.4 is 4.90 Å². The average Bonchev–Trinajstić information content (AvgIpc) is 4.00. The van der Waals surface area contributed by atoms with Gasteiger partial charge in [0.2, 0.25) is 0 Å². The zero-order valence-corrected chi connectivity index (χ0v) is 33.5. The quantitative estimate of drug-likeness (QED) is 0.168. The van der Waals surface area contributed by atoms with E-state index >= 15 is 0 Å². The molecule has 0 fully saturated rings. The number of furan rings is 2. The Kier molecular flexibility index (Phi) is 7.57. The summed E-state index contributed by atoms with van der Waals surface area (Å²) in [6.07, 6.45) is 0. The summed E-state index contributed by atoms with van der Waals surface area (Å²) >= 11 is 0. The molecule has 13 aromatic rings. The fourth-order valence-electron chi connectivity index (χ4n) is 9.72. The van der Waals surface area contributed by atoms with E-state index in [1.54, 1.807) is 0 Å². The van der Waals surface area contributed by atoms with Crippen LogP contribution >= 0.6 is 0 Å². The van der Waals surface area contributed by atoms with E-state index < -0.39 is 0 Å². The van der Waals surface area contributed by atoms with Crippen LogP contribution in [0, 0.1) is 0 Å². The molecule has 10 aromatic carbocycles. The Labute approximate surface area is 356 Å². The van der Waals surface area contributed by atoms with Crippen LogP contribution in [0.2, 0.25) is 0 Å². The van der Waals surface area contributed by atoms with E-state index in [4.69, 9.17) is 8.83 Å². The largest absolute Gasteiger partial charge is 0.456 e. The highest BCUT2D eigenvalue weighted by atomic mass is 16.3. The van der Waals surface area contributed by atoms with Crippen LogP contribution in [0.15, 0.2) is 227 Å². The van der Waals surface area contributed by atoms with Gasteiger partial charge in [0.1, 0.15) is 22.3 Å². The number of rotatable bonds is 6. The van der Waals surface area contributed by atoms with E-state index in [9.17, 15) is 0 Å². The molecule has 0 unspecified atom stereocenters. The smallest absolute Gasteiger partial charge is 0.136 e. The SMILES string of the molecule is c1ccc(N(c2ccc(-c3ccc4c(c3)oc3ccccc34)cc2)c2ccc(-n3c4ccccc4c4ccccc43)cc2)c(-c2cccc3oc4cc5ccccc5cc4c23)c1. The maximum atomic E-state index is 6.58. The maximum Gasteiger partial charge on any atom is 0.136 e. The number of para-hydroxylation sites is 4. The summed E-state index contributed by atoms with van der Waals surface area (Å²) in [5.74, 6) is 0. The monoisotopic (exact) mass is 792 g/mol. The molecule has 3 heterocycles. The van der Waals surface area contributed by atoms with Crippen LogP contribution in [0.1, 0.15) is 0 Å². The first kappa shape index (κ1) is 34.5. The van der Waals surface area contributed by atoms with Gasteiger partial charge in [-0.3, -0.25) is 0 Å². The minimum absolute atomic E-state index is 0.871. The van der Waals surface area contributed by atoms with Crippen LogP contribution in [0.5, 0.6) is 0 Å². The van der Waals surface area contributed by atoms with Crippen molar-refractivity contribution in [3.63, 3.8) is 0 Å². The Bertz CT molecular complexity index is 3810. The number of fused-ring (bicyclic) bond motifs is 10. The Balaban J connectivity index is 0.981.